The summed E-state index contributed by atoms with van der Waals surface area (Å²) in [6.07, 6.45) is 6.89. The van der Waals surface area contributed by atoms with E-state index in [-0.39, 0.29) is 29.8 Å². The summed E-state index contributed by atoms with van der Waals surface area (Å²) in [6.45, 7) is 4.34. The monoisotopic (exact) mass is 450 g/mol. The third-order valence-corrected chi connectivity index (χ3v) is 8.03. The maximum Gasteiger partial charge on any atom is 0.250 e. The van der Waals surface area contributed by atoms with Crippen LogP contribution in [0.1, 0.15) is 68.6 Å². The van der Waals surface area contributed by atoms with Crippen LogP contribution in [0.15, 0.2) is 48.2 Å². The van der Waals surface area contributed by atoms with E-state index in [0.29, 0.717) is 5.15 Å². The Balaban J connectivity index is 1.55. The first kappa shape index (κ1) is 21.7. The van der Waals surface area contributed by atoms with Crippen molar-refractivity contribution in [1.82, 2.24) is 9.88 Å². The van der Waals surface area contributed by atoms with Crippen molar-refractivity contribution >= 4 is 23.1 Å². The average Bonchev–Trinajstić information content (AvgIpc) is 2.79. The zero-order valence-electron chi connectivity index (χ0n) is 18.8. The van der Waals surface area contributed by atoms with Gasteiger partial charge < -0.3 is 10.0 Å². The minimum Gasteiger partial charge on any atom is -0.391 e. The number of aliphatic hydroxyl groups is 1. The molecule has 4 unspecified atom stereocenters. The number of carbonyl (C=O) groups is 1. The molecular weight excluding hydrogens is 420 g/mol. The normalized spacial score (nSPS) is 30.2. The van der Waals surface area contributed by atoms with Gasteiger partial charge in [0.15, 0.2) is 0 Å². The summed E-state index contributed by atoms with van der Waals surface area (Å²) in [5, 5.41) is 11.2. The molecule has 1 fully saturated rings. The highest BCUT2D eigenvalue weighted by atomic mass is 35.5. The topological polar surface area (TPSA) is 53.4 Å². The SMILES string of the molecule is CC1C2=C(CC(C)N(C3CCCC[C@@H]3O)C2=O)c2ccccc2C1Cc1ccc(Cl)nc1. The lowest BCUT2D eigenvalue weighted by molar-refractivity contribution is -0.137. The number of nitrogens with zero attached hydrogens (tertiary/aromatic N) is 2. The second kappa shape index (κ2) is 8.64. The van der Waals surface area contributed by atoms with Crippen molar-refractivity contribution in [1.29, 1.82) is 0 Å². The van der Waals surface area contributed by atoms with E-state index in [1.165, 1.54) is 16.7 Å². The van der Waals surface area contributed by atoms with E-state index < -0.39 is 6.10 Å². The Bertz CT molecular complexity index is 1050. The number of halogens is 1. The number of fused-ring (bicyclic) bond motifs is 2. The van der Waals surface area contributed by atoms with Crippen LogP contribution in [0.3, 0.4) is 0 Å². The van der Waals surface area contributed by atoms with Crippen LogP contribution in [-0.4, -0.2) is 39.1 Å². The third kappa shape index (κ3) is 3.68. The van der Waals surface area contributed by atoms with E-state index in [0.717, 1.165) is 49.7 Å². The Labute approximate surface area is 195 Å². The molecular formula is C27H31ClN2O2. The third-order valence-electron chi connectivity index (χ3n) is 7.80. The van der Waals surface area contributed by atoms with Crippen LogP contribution in [0.25, 0.3) is 5.57 Å². The lowest BCUT2D eigenvalue weighted by Gasteiger charge is -2.48. The molecule has 2 aliphatic carbocycles. The molecule has 168 valence electrons. The van der Waals surface area contributed by atoms with Crippen molar-refractivity contribution in [3.63, 3.8) is 0 Å². The van der Waals surface area contributed by atoms with Gasteiger partial charge in [-0.1, -0.05) is 61.7 Å². The van der Waals surface area contributed by atoms with Gasteiger partial charge in [-0.3, -0.25) is 4.79 Å². The van der Waals surface area contributed by atoms with Gasteiger partial charge in [-0.05, 0) is 72.8 Å². The van der Waals surface area contributed by atoms with Gasteiger partial charge in [0.25, 0.3) is 5.91 Å². The van der Waals surface area contributed by atoms with E-state index in [1.807, 2.05) is 23.2 Å². The maximum absolute atomic E-state index is 14.0. The van der Waals surface area contributed by atoms with Crippen LogP contribution < -0.4 is 0 Å². The Hall–Kier alpha value is -2.17. The van der Waals surface area contributed by atoms with Crippen molar-refractivity contribution in [2.75, 3.05) is 0 Å². The summed E-state index contributed by atoms with van der Waals surface area (Å²) in [5.74, 6) is 0.424. The molecule has 3 aliphatic rings. The van der Waals surface area contributed by atoms with Gasteiger partial charge in [-0.15, -0.1) is 0 Å². The number of benzene rings is 1. The zero-order chi connectivity index (χ0) is 22.4. The Kier molecular flexibility index (Phi) is 5.85. The van der Waals surface area contributed by atoms with E-state index in [2.05, 4.69) is 43.1 Å². The Morgan fingerprint density at radius 1 is 1.12 bits per heavy atom. The molecule has 2 heterocycles. The summed E-state index contributed by atoms with van der Waals surface area (Å²) in [7, 11) is 0. The first-order valence-electron chi connectivity index (χ1n) is 11.9. The highest BCUT2D eigenvalue weighted by Gasteiger charge is 2.45. The molecule has 4 nitrogen and oxygen atoms in total. The second-order valence-electron chi connectivity index (χ2n) is 9.75. The minimum absolute atomic E-state index is 0.0661. The van der Waals surface area contributed by atoms with Crippen molar-refractivity contribution < 1.29 is 9.90 Å². The smallest absolute Gasteiger partial charge is 0.250 e. The summed E-state index contributed by atoms with van der Waals surface area (Å²) in [6, 6.07) is 12.5. The van der Waals surface area contributed by atoms with Gasteiger partial charge in [0.2, 0.25) is 0 Å². The molecule has 2 aromatic rings. The van der Waals surface area contributed by atoms with Crippen LogP contribution in [0.2, 0.25) is 5.15 Å². The number of carbonyl (C=O) groups excluding carboxylic acids is 1. The van der Waals surface area contributed by atoms with Gasteiger partial charge in [0, 0.05) is 17.8 Å². The number of pyridine rings is 1. The first-order valence-corrected chi connectivity index (χ1v) is 12.3. The molecule has 5 rings (SSSR count). The number of hydrogen-bond acceptors (Lipinski definition) is 3. The molecule has 0 saturated heterocycles. The minimum atomic E-state index is -0.417. The molecule has 5 heteroatoms. The van der Waals surface area contributed by atoms with Crippen molar-refractivity contribution in [2.45, 2.75) is 76.5 Å². The quantitative estimate of drug-likeness (QED) is 0.638. The highest BCUT2D eigenvalue weighted by molar-refractivity contribution is 6.29. The molecule has 1 N–H and O–H groups in total. The fourth-order valence-corrected chi connectivity index (χ4v) is 6.34. The van der Waals surface area contributed by atoms with Crippen molar-refractivity contribution in [3.05, 3.63) is 70.0 Å². The number of amides is 1. The molecule has 5 atom stereocenters. The van der Waals surface area contributed by atoms with E-state index in [1.54, 1.807) is 0 Å². The van der Waals surface area contributed by atoms with Gasteiger partial charge in [0.1, 0.15) is 5.15 Å². The molecule has 1 amide bonds. The van der Waals surface area contributed by atoms with Crippen LogP contribution in [0, 0.1) is 5.92 Å². The summed E-state index contributed by atoms with van der Waals surface area (Å²) in [4.78, 5) is 20.3. The largest absolute Gasteiger partial charge is 0.391 e. The predicted octanol–water partition coefficient (Wildman–Crippen LogP) is 5.39. The molecule has 0 bridgehead atoms. The molecule has 1 saturated carbocycles. The lowest BCUT2D eigenvalue weighted by atomic mass is 9.67. The number of hydrogen-bond donors (Lipinski definition) is 1. The first-order chi connectivity index (χ1) is 15.5. The summed E-state index contributed by atoms with van der Waals surface area (Å²) >= 11 is 6.00. The van der Waals surface area contributed by atoms with Crippen LogP contribution >= 0.6 is 11.6 Å². The van der Waals surface area contributed by atoms with E-state index in [4.69, 9.17) is 11.6 Å². The fraction of sp³-hybridized carbons (Fsp3) is 0.481. The van der Waals surface area contributed by atoms with Gasteiger partial charge in [-0.2, -0.15) is 0 Å². The molecule has 1 aromatic heterocycles. The maximum atomic E-state index is 14.0. The molecule has 1 aromatic carbocycles. The van der Waals surface area contributed by atoms with Gasteiger partial charge >= 0.3 is 0 Å². The number of aromatic nitrogens is 1. The van der Waals surface area contributed by atoms with Crippen molar-refractivity contribution in [3.8, 4) is 0 Å². The number of rotatable bonds is 3. The van der Waals surface area contributed by atoms with E-state index >= 15 is 0 Å². The second-order valence-corrected chi connectivity index (χ2v) is 10.1. The Morgan fingerprint density at radius 3 is 2.66 bits per heavy atom. The van der Waals surface area contributed by atoms with E-state index in [9.17, 15) is 9.90 Å². The predicted molar refractivity (Wildman–Crippen MR) is 127 cm³/mol. The molecule has 1 aliphatic heterocycles. The van der Waals surface area contributed by atoms with Gasteiger partial charge in [-0.25, -0.2) is 4.98 Å². The van der Waals surface area contributed by atoms with Crippen molar-refractivity contribution in [2.24, 2.45) is 5.92 Å². The highest BCUT2D eigenvalue weighted by Crippen LogP contribution is 2.49. The number of aliphatic hydroxyl groups excluding tert-OH is 1. The Morgan fingerprint density at radius 2 is 1.91 bits per heavy atom. The summed E-state index contributed by atoms with van der Waals surface area (Å²) in [5.41, 5.74) is 5.82. The van der Waals surface area contributed by atoms with Crippen LogP contribution in [0.5, 0.6) is 0 Å². The van der Waals surface area contributed by atoms with Crippen LogP contribution in [0.4, 0.5) is 0 Å². The summed E-state index contributed by atoms with van der Waals surface area (Å²) < 4.78 is 0. The molecule has 0 spiro atoms. The zero-order valence-corrected chi connectivity index (χ0v) is 19.6. The van der Waals surface area contributed by atoms with Gasteiger partial charge in [0.05, 0.1) is 12.1 Å². The standard InChI is InChI=1S/C27H31ClN2O2/c1-16-13-22-20-8-4-3-7-19(20)21(14-18-11-12-25(28)29-15-18)17(2)26(22)27(32)30(16)23-9-5-6-10-24(23)31/h3-4,7-8,11-12,15-17,21,23-24,31H,5-6,9-10,13-14H2,1-2H3/t16?,17?,21?,23?,24-/m0/s1. The lowest BCUT2D eigenvalue weighted by Crippen LogP contribution is -2.55. The average molecular weight is 451 g/mol. The molecule has 0 radical (unpaired) electrons. The fourth-order valence-electron chi connectivity index (χ4n) is 6.22. The van der Waals surface area contributed by atoms with Crippen LogP contribution in [-0.2, 0) is 11.2 Å². The molecule has 32 heavy (non-hydrogen) atoms.